The first-order valence-electron chi connectivity index (χ1n) is 31.1. The summed E-state index contributed by atoms with van der Waals surface area (Å²) in [5.74, 6) is -3.33. The van der Waals surface area contributed by atoms with E-state index in [9.17, 15) is 34.5 Å². The van der Waals surface area contributed by atoms with Crippen LogP contribution in [0.4, 0.5) is 0 Å². The fourth-order valence-electron chi connectivity index (χ4n) is 8.13. The second kappa shape index (κ2) is 56.6. The van der Waals surface area contributed by atoms with Gasteiger partial charge in [-0.25, -0.2) is 4.79 Å². The fourth-order valence-corrected chi connectivity index (χ4v) is 8.13. The van der Waals surface area contributed by atoms with Crippen molar-refractivity contribution in [1.29, 1.82) is 0 Å². The third-order valence-electron chi connectivity index (χ3n) is 12.8. The third-order valence-corrected chi connectivity index (χ3v) is 12.8. The summed E-state index contributed by atoms with van der Waals surface area (Å²) in [7, 11) is 0. The zero-order valence-corrected chi connectivity index (χ0v) is 50.9. The summed E-state index contributed by atoms with van der Waals surface area (Å²) in [4.78, 5) is 51.3. The van der Waals surface area contributed by atoms with E-state index in [0.717, 1.165) is 128 Å². The van der Waals surface area contributed by atoms with E-state index in [2.05, 4.69) is 167 Å². The molecule has 6 atom stereocenters. The Hall–Kier alpha value is -5.92. The third kappa shape index (κ3) is 46.2. The molecule has 83 heavy (non-hydrogen) atoms. The Bertz CT molecular complexity index is 2090. The molecule has 0 saturated carbocycles. The summed E-state index contributed by atoms with van der Waals surface area (Å²) in [6, 6.07) is 0. The highest BCUT2D eigenvalue weighted by Crippen LogP contribution is 2.26. The van der Waals surface area contributed by atoms with Crippen LogP contribution in [0.3, 0.4) is 0 Å². The van der Waals surface area contributed by atoms with Crippen molar-refractivity contribution in [2.24, 2.45) is 0 Å². The van der Waals surface area contributed by atoms with Gasteiger partial charge < -0.3 is 39.0 Å². The summed E-state index contributed by atoms with van der Waals surface area (Å²) < 4.78 is 28.3. The van der Waals surface area contributed by atoms with Crippen LogP contribution in [0, 0.1) is 0 Å². The number of carboxylic acid groups (broad SMARTS) is 1. The van der Waals surface area contributed by atoms with Gasteiger partial charge in [0, 0.05) is 19.3 Å². The van der Waals surface area contributed by atoms with Crippen LogP contribution in [0.15, 0.2) is 170 Å². The molecule has 6 unspecified atom stereocenters. The molecule has 12 nitrogen and oxygen atoms in total. The molecule has 0 radical (unpaired) electrons. The van der Waals surface area contributed by atoms with Crippen molar-refractivity contribution in [3.05, 3.63) is 170 Å². The number of carbonyl (C=O) groups excluding carboxylic acids is 3. The summed E-state index contributed by atoms with van der Waals surface area (Å²) in [5.41, 5.74) is 0. The van der Waals surface area contributed by atoms with E-state index in [1.165, 1.54) is 0 Å². The first-order chi connectivity index (χ1) is 40.6. The lowest BCUT2D eigenvalue weighted by atomic mass is 9.98. The van der Waals surface area contributed by atoms with E-state index < -0.39 is 67.3 Å². The van der Waals surface area contributed by atoms with Crippen LogP contribution in [0.2, 0.25) is 0 Å². The van der Waals surface area contributed by atoms with Gasteiger partial charge >= 0.3 is 23.9 Å². The summed E-state index contributed by atoms with van der Waals surface area (Å²) >= 11 is 0. The Morgan fingerprint density at radius 1 is 0.398 bits per heavy atom. The fraction of sp³-hybridized carbons (Fsp3) is 0.549. The van der Waals surface area contributed by atoms with E-state index in [-0.39, 0.29) is 25.9 Å². The van der Waals surface area contributed by atoms with Gasteiger partial charge in [0.15, 0.2) is 24.6 Å². The van der Waals surface area contributed by atoms with Crippen molar-refractivity contribution in [3.8, 4) is 0 Å². The molecule has 1 fully saturated rings. The number of carbonyl (C=O) groups is 4. The predicted molar refractivity (Wildman–Crippen MR) is 339 cm³/mol. The highest BCUT2D eigenvalue weighted by atomic mass is 16.7. The Labute approximate surface area is 500 Å². The maximum absolute atomic E-state index is 13.2. The molecule has 0 aromatic carbocycles. The monoisotopic (exact) mass is 1150 g/mol. The Morgan fingerprint density at radius 3 is 1.13 bits per heavy atom. The number of aliphatic carboxylic acids is 1. The lowest BCUT2D eigenvalue weighted by molar-refractivity contribution is -0.301. The molecule has 0 aromatic rings. The number of rotatable bonds is 50. The highest BCUT2D eigenvalue weighted by molar-refractivity contribution is 5.74. The summed E-state index contributed by atoms with van der Waals surface area (Å²) in [6.07, 6.45) is 71.8. The second-order valence-electron chi connectivity index (χ2n) is 20.2. The molecule has 0 aromatic heterocycles. The van der Waals surface area contributed by atoms with Crippen LogP contribution in [-0.2, 0) is 42.9 Å². The van der Waals surface area contributed by atoms with Crippen LogP contribution >= 0.6 is 0 Å². The van der Waals surface area contributed by atoms with E-state index in [1.54, 1.807) is 0 Å². The minimum atomic E-state index is -1.94. The van der Waals surface area contributed by atoms with Gasteiger partial charge in [-0.05, 0) is 135 Å². The largest absolute Gasteiger partial charge is 0.479 e. The number of unbranched alkanes of at least 4 members (excludes halogenated alkanes) is 8. The molecular formula is C71H106O12. The number of hydrogen-bond acceptors (Lipinski definition) is 11. The van der Waals surface area contributed by atoms with E-state index in [0.29, 0.717) is 32.1 Å². The number of allylic oxidation sites excluding steroid dienone is 28. The lowest BCUT2D eigenvalue weighted by Gasteiger charge is -2.40. The van der Waals surface area contributed by atoms with E-state index >= 15 is 0 Å². The smallest absolute Gasteiger partial charge is 0.335 e. The number of aliphatic hydroxyl groups excluding tert-OH is 2. The SMILES string of the molecule is CC/C=C\C/C=C\C/C=C\C/C=C\C/C=C\CCCC(=O)OCC(COC1OC(C(=O)O)C(O)C(O)C1OC(=O)CCCCCCCC/C=C\C/C=C\C/C=C\C/C=C\CC)OC(=O)CCC/C=C\C/C=C\C/C=C\C/C=C\C/C=C\CC. The Balaban J connectivity index is 2.77. The molecule has 0 aliphatic carbocycles. The van der Waals surface area contributed by atoms with E-state index in [4.69, 9.17) is 23.7 Å². The molecule has 1 heterocycles. The van der Waals surface area contributed by atoms with Crippen molar-refractivity contribution < 1.29 is 58.2 Å². The van der Waals surface area contributed by atoms with Gasteiger partial charge in [-0.15, -0.1) is 0 Å². The number of carboxylic acids is 1. The van der Waals surface area contributed by atoms with Crippen LogP contribution in [0.1, 0.15) is 201 Å². The molecule has 3 N–H and O–H groups in total. The molecule has 462 valence electrons. The van der Waals surface area contributed by atoms with E-state index in [1.807, 2.05) is 24.3 Å². The average molecular weight is 1150 g/mol. The van der Waals surface area contributed by atoms with Crippen LogP contribution in [-0.4, -0.2) is 89.2 Å². The number of esters is 3. The number of ether oxygens (including phenoxy) is 5. The van der Waals surface area contributed by atoms with Crippen LogP contribution in [0.25, 0.3) is 0 Å². The normalized spacial score (nSPS) is 18.8. The molecule has 1 rings (SSSR count). The standard InChI is InChI=1S/C71H106O12/c1-4-7-10-13-16-19-22-25-28-31-32-35-38-41-44-47-50-53-56-59-65(74)82-69-67(76)66(75)68(70(77)78)83-71(69)80-61-62(81-64(73)58-55-52-49-46-43-40-37-34-30-27-24-21-18-15-12-9-6-3)60-79-63(72)57-54-51-48-45-42-39-36-33-29-26-23-20-17-14-11-8-5-2/h7-12,16-21,25-30,32,35-37,39-40,45-46,48-49,62,66-69,71,75-76H,4-6,13-15,22-24,31,33-34,38,41-44,47,50-61H2,1-3H3,(H,77,78)/b10-7-,11-8-,12-9-,19-16-,20-17-,21-18-,28-25-,29-26-,30-27-,35-32-,39-36-,40-37-,48-45-,49-46-. The quantitative estimate of drug-likeness (QED) is 0.0228. The number of aliphatic hydroxyl groups is 2. The molecule has 0 amide bonds. The second-order valence-corrected chi connectivity index (χ2v) is 20.2. The minimum absolute atomic E-state index is 0.0211. The summed E-state index contributed by atoms with van der Waals surface area (Å²) in [6.45, 7) is 5.54. The first-order valence-corrected chi connectivity index (χ1v) is 31.1. The molecular weight excluding hydrogens is 1040 g/mol. The average Bonchev–Trinajstić information content (AvgIpc) is 3.58. The molecule has 0 spiro atoms. The predicted octanol–water partition coefficient (Wildman–Crippen LogP) is 16.7. The molecule has 12 heteroatoms. The van der Waals surface area contributed by atoms with Crippen LogP contribution in [0.5, 0.6) is 0 Å². The molecule has 0 bridgehead atoms. The maximum Gasteiger partial charge on any atom is 0.335 e. The molecule has 1 aliphatic heterocycles. The van der Waals surface area contributed by atoms with Crippen molar-refractivity contribution in [1.82, 2.24) is 0 Å². The zero-order valence-electron chi connectivity index (χ0n) is 50.9. The first kappa shape index (κ1) is 75.1. The molecule has 1 saturated heterocycles. The van der Waals surface area contributed by atoms with Crippen molar-refractivity contribution in [3.63, 3.8) is 0 Å². The van der Waals surface area contributed by atoms with Crippen molar-refractivity contribution >= 4 is 23.9 Å². The van der Waals surface area contributed by atoms with Gasteiger partial charge in [-0.1, -0.05) is 217 Å². The van der Waals surface area contributed by atoms with Crippen LogP contribution < -0.4 is 0 Å². The van der Waals surface area contributed by atoms with Crippen molar-refractivity contribution in [2.75, 3.05) is 13.2 Å². The minimum Gasteiger partial charge on any atom is -0.479 e. The van der Waals surface area contributed by atoms with Gasteiger partial charge in [-0.2, -0.15) is 0 Å². The lowest BCUT2D eigenvalue weighted by Crippen LogP contribution is -2.61. The summed E-state index contributed by atoms with van der Waals surface area (Å²) in [5, 5.41) is 31.6. The van der Waals surface area contributed by atoms with Crippen molar-refractivity contribution in [2.45, 2.75) is 237 Å². The zero-order chi connectivity index (χ0) is 60.3. The maximum atomic E-state index is 13.2. The van der Waals surface area contributed by atoms with Gasteiger partial charge in [0.2, 0.25) is 0 Å². The van der Waals surface area contributed by atoms with Gasteiger partial charge in [0.1, 0.15) is 18.8 Å². The molecule has 1 aliphatic rings. The number of hydrogen-bond donors (Lipinski definition) is 3. The Morgan fingerprint density at radius 2 is 0.735 bits per heavy atom. The Kier molecular flexibility index (Phi) is 51.2. The van der Waals surface area contributed by atoms with Gasteiger partial charge in [-0.3, -0.25) is 14.4 Å². The highest BCUT2D eigenvalue weighted by Gasteiger charge is 2.50. The van der Waals surface area contributed by atoms with Gasteiger partial charge in [0.25, 0.3) is 0 Å². The topological polar surface area (TPSA) is 175 Å². The van der Waals surface area contributed by atoms with Gasteiger partial charge in [0.05, 0.1) is 6.61 Å².